The summed E-state index contributed by atoms with van der Waals surface area (Å²) in [5.41, 5.74) is 2.89. The maximum atomic E-state index is 3.51. The van der Waals surface area contributed by atoms with E-state index in [1.807, 2.05) is 0 Å². The van der Waals surface area contributed by atoms with Crippen molar-refractivity contribution in [2.24, 2.45) is 5.92 Å². The van der Waals surface area contributed by atoms with E-state index in [-0.39, 0.29) is 0 Å². The SMILES string of the molecule is CC(C)Cc1ccc(C(C)N(C)C2CCCNC2)cc1. The summed E-state index contributed by atoms with van der Waals surface area (Å²) in [6, 6.07) is 10.4. The highest BCUT2D eigenvalue weighted by molar-refractivity contribution is 5.25. The first-order valence-electron chi connectivity index (χ1n) is 8.09. The van der Waals surface area contributed by atoms with Gasteiger partial charge in [-0.15, -0.1) is 0 Å². The van der Waals surface area contributed by atoms with Crippen molar-refractivity contribution in [2.75, 3.05) is 20.1 Å². The largest absolute Gasteiger partial charge is 0.315 e. The number of nitrogens with zero attached hydrogens (tertiary/aromatic N) is 1. The molecule has 1 aliphatic rings. The minimum absolute atomic E-state index is 0.494. The van der Waals surface area contributed by atoms with Gasteiger partial charge in [0.25, 0.3) is 0 Å². The molecule has 0 radical (unpaired) electrons. The number of hydrogen-bond acceptors (Lipinski definition) is 2. The molecule has 2 heteroatoms. The maximum Gasteiger partial charge on any atom is 0.0320 e. The molecule has 0 spiro atoms. The Morgan fingerprint density at radius 3 is 2.45 bits per heavy atom. The second-order valence-electron chi connectivity index (χ2n) is 6.68. The smallest absolute Gasteiger partial charge is 0.0320 e. The van der Waals surface area contributed by atoms with Gasteiger partial charge in [0.1, 0.15) is 0 Å². The third kappa shape index (κ3) is 4.07. The van der Waals surface area contributed by atoms with E-state index in [2.05, 4.69) is 62.3 Å². The molecule has 112 valence electrons. The third-order valence-corrected chi connectivity index (χ3v) is 4.56. The Bertz CT molecular complexity index is 390. The summed E-state index contributed by atoms with van der Waals surface area (Å²) in [5, 5.41) is 3.51. The monoisotopic (exact) mass is 274 g/mol. The summed E-state index contributed by atoms with van der Waals surface area (Å²) < 4.78 is 0. The molecule has 2 rings (SSSR count). The van der Waals surface area contributed by atoms with Crippen LogP contribution in [0.2, 0.25) is 0 Å². The molecule has 1 heterocycles. The molecule has 2 atom stereocenters. The van der Waals surface area contributed by atoms with Crippen molar-refractivity contribution < 1.29 is 0 Å². The van der Waals surface area contributed by atoms with E-state index >= 15 is 0 Å². The van der Waals surface area contributed by atoms with E-state index in [9.17, 15) is 0 Å². The normalized spacial score (nSPS) is 21.4. The molecule has 0 aliphatic carbocycles. The van der Waals surface area contributed by atoms with Gasteiger partial charge in [0, 0.05) is 18.6 Å². The van der Waals surface area contributed by atoms with Crippen LogP contribution in [-0.2, 0) is 6.42 Å². The molecule has 0 aromatic heterocycles. The van der Waals surface area contributed by atoms with E-state index in [4.69, 9.17) is 0 Å². The quantitative estimate of drug-likeness (QED) is 0.882. The first-order chi connectivity index (χ1) is 9.58. The highest BCUT2D eigenvalue weighted by Gasteiger charge is 2.22. The number of hydrogen-bond donors (Lipinski definition) is 1. The molecular weight excluding hydrogens is 244 g/mol. The molecular formula is C18H30N2. The van der Waals surface area contributed by atoms with Gasteiger partial charge < -0.3 is 5.32 Å². The number of benzene rings is 1. The fourth-order valence-electron chi connectivity index (χ4n) is 3.14. The van der Waals surface area contributed by atoms with Crippen molar-refractivity contribution >= 4 is 0 Å². The topological polar surface area (TPSA) is 15.3 Å². The molecule has 1 saturated heterocycles. The molecule has 1 N–H and O–H groups in total. The Hall–Kier alpha value is -0.860. The van der Waals surface area contributed by atoms with Gasteiger partial charge in [-0.05, 0) is 56.8 Å². The zero-order chi connectivity index (χ0) is 14.5. The van der Waals surface area contributed by atoms with Crippen LogP contribution < -0.4 is 5.32 Å². The van der Waals surface area contributed by atoms with Gasteiger partial charge in [-0.2, -0.15) is 0 Å². The highest BCUT2D eigenvalue weighted by atomic mass is 15.2. The van der Waals surface area contributed by atoms with Crippen LogP contribution in [0.5, 0.6) is 0 Å². The lowest BCUT2D eigenvalue weighted by atomic mass is 9.98. The van der Waals surface area contributed by atoms with Gasteiger partial charge >= 0.3 is 0 Å². The number of likely N-dealkylation sites (N-methyl/N-ethyl adjacent to an activating group) is 1. The molecule has 1 aromatic carbocycles. The molecule has 1 aliphatic heterocycles. The number of piperidine rings is 1. The van der Waals surface area contributed by atoms with Gasteiger partial charge in [0.15, 0.2) is 0 Å². The fraction of sp³-hybridized carbons (Fsp3) is 0.667. The van der Waals surface area contributed by atoms with Gasteiger partial charge in [0.2, 0.25) is 0 Å². The first kappa shape index (κ1) is 15.5. The maximum absolute atomic E-state index is 3.51. The summed E-state index contributed by atoms with van der Waals surface area (Å²) in [5.74, 6) is 0.731. The molecule has 1 fully saturated rings. The second kappa shape index (κ2) is 7.24. The minimum atomic E-state index is 0.494. The zero-order valence-corrected chi connectivity index (χ0v) is 13.5. The van der Waals surface area contributed by atoms with E-state index in [0.717, 1.165) is 12.5 Å². The summed E-state index contributed by atoms with van der Waals surface area (Å²) in [4.78, 5) is 2.53. The molecule has 2 unspecified atom stereocenters. The molecule has 2 nitrogen and oxygen atoms in total. The standard InChI is InChI=1S/C18H30N2/c1-14(2)12-16-7-9-17(10-8-16)15(3)20(4)18-6-5-11-19-13-18/h7-10,14-15,18-19H,5-6,11-13H2,1-4H3. The minimum Gasteiger partial charge on any atom is -0.315 e. The zero-order valence-electron chi connectivity index (χ0n) is 13.5. The number of nitrogens with one attached hydrogen (secondary N) is 1. The van der Waals surface area contributed by atoms with Crippen LogP contribution in [0, 0.1) is 5.92 Å². The van der Waals surface area contributed by atoms with Crippen molar-refractivity contribution in [1.82, 2.24) is 10.2 Å². The van der Waals surface area contributed by atoms with Crippen LogP contribution in [0.15, 0.2) is 24.3 Å². The molecule has 20 heavy (non-hydrogen) atoms. The van der Waals surface area contributed by atoms with Crippen LogP contribution in [0.1, 0.15) is 50.8 Å². The molecule has 0 bridgehead atoms. The van der Waals surface area contributed by atoms with Gasteiger partial charge in [0.05, 0.1) is 0 Å². The lowest BCUT2D eigenvalue weighted by molar-refractivity contribution is 0.156. The molecule has 1 aromatic rings. The summed E-state index contributed by atoms with van der Waals surface area (Å²) in [6.07, 6.45) is 3.80. The average Bonchev–Trinajstić information content (AvgIpc) is 2.47. The van der Waals surface area contributed by atoms with E-state index < -0.39 is 0 Å². The summed E-state index contributed by atoms with van der Waals surface area (Å²) >= 11 is 0. The van der Waals surface area contributed by atoms with Crippen molar-refractivity contribution in [3.63, 3.8) is 0 Å². The van der Waals surface area contributed by atoms with Crippen molar-refractivity contribution in [3.8, 4) is 0 Å². The third-order valence-electron chi connectivity index (χ3n) is 4.56. The fourth-order valence-corrected chi connectivity index (χ4v) is 3.14. The van der Waals surface area contributed by atoms with Crippen LogP contribution in [0.4, 0.5) is 0 Å². The van der Waals surface area contributed by atoms with Crippen LogP contribution in [0.25, 0.3) is 0 Å². The predicted octanol–water partition coefficient (Wildman–Crippen LogP) is 3.63. The summed E-state index contributed by atoms with van der Waals surface area (Å²) in [6.45, 7) is 9.20. The lowest BCUT2D eigenvalue weighted by Crippen LogP contribution is -2.45. The van der Waals surface area contributed by atoms with E-state index in [0.29, 0.717) is 12.1 Å². The predicted molar refractivity (Wildman–Crippen MR) is 87.1 cm³/mol. The van der Waals surface area contributed by atoms with Crippen LogP contribution in [-0.4, -0.2) is 31.1 Å². The Balaban J connectivity index is 1.98. The Labute approximate surface area is 124 Å². The average molecular weight is 274 g/mol. The van der Waals surface area contributed by atoms with E-state index in [1.54, 1.807) is 0 Å². The summed E-state index contributed by atoms with van der Waals surface area (Å²) in [7, 11) is 2.27. The number of rotatable bonds is 5. The Morgan fingerprint density at radius 1 is 1.20 bits per heavy atom. The molecule has 0 saturated carbocycles. The van der Waals surface area contributed by atoms with Gasteiger partial charge in [-0.1, -0.05) is 38.1 Å². The Morgan fingerprint density at radius 2 is 1.90 bits per heavy atom. The van der Waals surface area contributed by atoms with Crippen molar-refractivity contribution in [3.05, 3.63) is 35.4 Å². The highest BCUT2D eigenvalue weighted by Crippen LogP contribution is 2.24. The molecule has 0 amide bonds. The van der Waals surface area contributed by atoms with Crippen LogP contribution >= 0.6 is 0 Å². The van der Waals surface area contributed by atoms with Crippen LogP contribution in [0.3, 0.4) is 0 Å². The van der Waals surface area contributed by atoms with Gasteiger partial charge in [-0.25, -0.2) is 0 Å². The second-order valence-corrected chi connectivity index (χ2v) is 6.68. The first-order valence-corrected chi connectivity index (χ1v) is 8.09. The lowest BCUT2D eigenvalue weighted by Gasteiger charge is -2.36. The van der Waals surface area contributed by atoms with E-state index in [1.165, 1.54) is 36.9 Å². The van der Waals surface area contributed by atoms with Crippen molar-refractivity contribution in [1.29, 1.82) is 0 Å². The van der Waals surface area contributed by atoms with Crippen molar-refractivity contribution in [2.45, 2.75) is 52.1 Å². The van der Waals surface area contributed by atoms with Gasteiger partial charge in [-0.3, -0.25) is 4.90 Å². The Kier molecular flexibility index (Phi) is 5.62.